The standard InChI is InChI=1S/C14H23N3O2/c1-4-16-14(18)10-17(5-2)9-11-8-12(15)6-7-13(11)19-3/h6-8H,4-5,9-10,15H2,1-3H3,(H,16,18). The van der Waals surface area contributed by atoms with Crippen molar-refractivity contribution in [2.75, 3.05) is 32.5 Å². The summed E-state index contributed by atoms with van der Waals surface area (Å²) in [6.45, 7) is 6.39. The molecule has 5 heteroatoms. The van der Waals surface area contributed by atoms with Gasteiger partial charge in [0.1, 0.15) is 5.75 Å². The first-order chi connectivity index (χ1) is 9.10. The lowest BCUT2D eigenvalue weighted by Crippen LogP contribution is -2.36. The zero-order chi connectivity index (χ0) is 14.3. The van der Waals surface area contributed by atoms with Crippen LogP contribution in [-0.4, -0.2) is 37.6 Å². The van der Waals surface area contributed by atoms with Crippen LogP contribution < -0.4 is 15.8 Å². The van der Waals surface area contributed by atoms with Crippen molar-refractivity contribution in [3.05, 3.63) is 23.8 Å². The number of nitrogen functional groups attached to an aromatic ring is 1. The molecule has 0 aromatic heterocycles. The lowest BCUT2D eigenvalue weighted by atomic mass is 10.1. The molecule has 1 aromatic rings. The lowest BCUT2D eigenvalue weighted by molar-refractivity contribution is -0.122. The van der Waals surface area contributed by atoms with Crippen LogP contribution in [0.3, 0.4) is 0 Å². The number of hydrogen-bond acceptors (Lipinski definition) is 4. The van der Waals surface area contributed by atoms with Gasteiger partial charge in [0.2, 0.25) is 5.91 Å². The zero-order valence-electron chi connectivity index (χ0n) is 11.9. The minimum Gasteiger partial charge on any atom is -0.496 e. The summed E-state index contributed by atoms with van der Waals surface area (Å²) in [6.07, 6.45) is 0. The van der Waals surface area contributed by atoms with Crippen LogP contribution in [0.4, 0.5) is 5.69 Å². The minimum atomic E-state index is 0.0345. The first-order valence-electron chi connectivity index (χ1n) is 6.52. The number of ether oxygens (including phenoxy) is 1. The Morgan fingerprint density at radius 2 is 2.16 bits per heavy atom. The summed E-state index contributed by atoms with van der Waals surface area (Å²) < 4.78 is 5.32. The average molecular weight is 265 g/mol. The lowest BCUT2D eigenvalue weighted by Gasteiger charge is -2.21. The molecule has 0 unspecified atom stereocenters. The number of carbonyl (C=O) groups excluding carboxylic acids is 1. The van der Waals surface area contributed by atoms with E-state index in [1.165, 1.54) is 0 Å². The van der Waals surface area contributed by atoms with Crippen molar-refractivity contribution in [1.29, 1.82) is 0 Å². The molecule has 1 amide bonds. The summed E-state index contributed by atoms with van der Waals surface area (Å²) in [5.41, 5.74) is 7.49. The average Bonchev–Trinajstić information content (AvgIpc) is 2.38. The molecule has 0 fully saturated rings. The molecule has 0 radical (unpaired) electrons. The van der Waals surface area contributed by atoms with Gasteiger partial charge in [-0.05, 0) is 31.7 Å². The minimum absolute atomic E-state index is 0.0345. The summed E-state index contributed by atoms with van der Waals surface area (Å²) in [4.78, 5) is 13.7. The number of rotatable bonds is 7. The molecule has 0 bridgehead atoms. The van der Waals surface area contributed by atoms with Crippen molar-refractivity contribution in [2.24, 2.45) is 0 Å². The van der Waals surface area contributed by atoms with E-state index in [0.29, 0.717) is 25.3 Å². The van der Waals surface area contributed by atoms with Gasteiger partial charge in [-0.1, -0.05) is 6.92 Å². The predicted octanol–water partition coefficient (Wildman–Crippen LogP) is 1.24. The third kappa shape index (κ3) is 4.79. The number of likely N-dealkylation sites (N-methyl/N-ethyl adjacent to an activating group) is 2. The Labute approximate surface area is 114 Å². The van der Waals surface area contributed by atoms with Gasteiger partial charge in [0, 0.05) is 24.3 Å². The van der Waals surface area contributed by atoms with E-state index >= 15 is 0 Å². The molecule has 0 aliphatic rings. The highest BCUT2D eigenvalue weighted by atomic mass is 16.5. The van der Waals surface area contributed by atoms with Crippen LogP contribution in [0, 0.1) is 0 Å². The number of amides is 1. The molecule has 0 heterocycles. The predicted molar refractivity (Wildman–Crippen MR) is 77.0 cm³/mol. The van der Waals surface area contributed by atoms with Crippen LogP contribution in [0.2, 0.25) is 0 Å². The second-order valence-electron chi connectivity index (χ2n) is 4.33. The smallest absolute Gasteiger partial charge is 0.234 e. The number of nitrogens with one attached hydrogen (secondary N) is 1. The number of nitrogens with two attached hydrogens (primary N) is 1. The van der Waals surface area contributed by atoms with E-state index in [-0.39, 0.29) is 5.91 Å². The van der Waals surface area contributed by atoms with Crippen LogP contribution in [0.15, 0.2) is 18.2 Å². The van der Waals surface area contributed by atoms with E-state index < -0.39 is 0 Å². The van der Waals surface area contributed by atoms with Gasteiger partial charge in [-0.15, -0.1) is 0 Å². The van der Waals surface area contributed by atoms with E-state index in [0.717, 1.165) is 17.9 Å². The van der Waals surface area contributed by atoms with Crippen molar-refractivity contribution in [3.8, 4) is 5.75 Å². The molecule has 1 rings (SSSR count). The highest BCUT2D eigenvalue weighted by molar-refractivity contribution is 5.77. The second-order valence-corrected chi connectivity index (χ2v) is 4.33. The van der Waals surface area contributed by atoms with E-state index in [2.05, 4.69) is 5.32 Å². The number of benzene rings is 1. The Balaban J connectivity index is 2.74. The third-order valence-electron chi connectivity index (χ3n) is 2.89. The van der Waals surface area contributed by atoms with E-state index in [1.54, 1.807) is 7.11 Å². The van der Waals surface area contributed by atoms with Crippen LogP contribution in [0.5, 0.6) is 5.75 Å². The van der Waals surface area contributed by atoms with Crippen LogP contribution in [0.25, 0.3) is 0 Å². The van der Waals surface area contributed by atoms with Gasteiger partial charge in [0.15, 0.2) is 0 Å². The fourth-order valence-corrected chi connectivity index (χ4v) is 1.90. The van der Waals surface area contributed by atoms with E-state index in [4.69, 9.17) is 10.5 Å². The maximum Gasteiger partial charge on any atom is 0.234 e. The van der Waals surface area contributed by atoms with Crippen molar-refractivity contribution in [2.45, 2.75) is 20.4 Å². The van der Waals surface area contributed by atoms with Crippen LogP contribution in [0.1, 0.15) is 19.4 Å². The molecule has 19 heavy (non-hydrogen) atoms. The first kappa shape index (κ1) is 15.3. The summed E-state index contributed by atoms with van der Waals surface area (Å²) in [5, 5.41) is 2.80. The van der Waals surface area contributed by atoms with E-state index in [9.17, 15) is 4.79 Å². The highest BCUT2D eigenvalue weighted by Gasteiger charge is 2.12. The summed E-state index contributed by atoms with van der Waals surface area (Å²) in [7, 11) is 1.63. The highest BCUT2D eigenvalue weighted by Crippen LogP contribution is 2.22. The molecule has 1 aromatic carbocycles. The van der Waals surface area contributed by atoms with Crippen molar-refractivity contribution < 1.29 is 9.53 Å². The van der Waals surface area contributed by atoms with Crippen LogP contribution >= 0.6 is 0 Å². The van der Waals surface area contributed by atoms with Crippen molar-refractivity contribution in [1.82, 2.24) is 10.2 Å². The first-order valence-corrected chi connectivity index (χ1v) is 6.52. The normalized spacial score (nSPS) is 10.5. The molecular formula is C14H23N3O2. The van der Waals surface area contributed by atoms with Gasteiger partial charge in [-0.3, -0.25) is 9.69 Å². The SMILES string of the molecule is CCNC(=O)CN(CC)Cc1cc(N)ccc1OC. The molecule has 5 nitrogen and oxygen atoms in total. The summed E-state index contributed by atoms with van der Waals surface area (Å²) in [6, 6.07) is 5.55. The quantitative estimate of drug-likeness (QED) is 0.728. The molecule has 0 aliphatic heterocycles. The van der Waals surface area contributed by atoms with Gasteiger partial charge in [0.25, 0.3) is 0 Å². The molecule has 0 spiro atoms. The fourth-order valence-electron chi connectivity index (χ4n) is 1.90. The molecule has 0 saturated carbocycles. The molecule has 106 valence electrons. The largest absolute Gasteiger partial charge is 0.496 e. The van der Waals surface area contributed by atoms with Gasteiger partial charge >= 0.3 is 0 Å². The summed E-state index contributed by atoms with van der Waals surface area (Å²) >= 11 is 0. The van der Waals surface area contributed by atoms with Gasteiger partial charge < -0.3 is 15.8 Å². The molecule has 0 saturated heterocycles. The monoisotopic (exact) mass is 265 g/mol. The number of carbonyl (C=O) groups is 1. The van der Waals surface area contributed by atoms with E-state index in [1.807, 2.05) is 36.9 Å². The Kier molecular flexibility index (Phi) is 6.15. The summed E-state index contributed by atoms with van der Waals surface area (Å²) in [5.74, 6) is 0.829. The third-order valence-corrected chi connectivity index (χ3v) is 2.89. The van der Waals surface area contributed by atoms with Crippen molar-refractivity contribution in [3.63, 3.8) is 0 Å². The Morgan fingerprint density at radius 3 is 2.74 bits per heavy atom. The number of nitrogens with zero attached hydrogens (tertiary/aromatic N) is 1. The Bertz CT molecular complexity index is 421. The van der Waals surface area contributed by atoms with Crippen molar-refractivity contribution >= 4 is 11.6 Å². The number of hydrogen-bond donors (Lipinski definition) is 2. The Morgan fingerprint density at radius 1 is 1.42 bits per heavy atom. The molecule has 3 N–H and O–H groups in total. The second kappa shape index (κ2) is 7.63. The molecular weight excluding hydrogens is 242 g/mol. The zero-order valence-corrected chi connectivity index (χ0v) is 11.9. The maximum atomic E-state index is 11.6. The molecule has 0 aliphatic carbocycles. The Hall–Kier alpha value is -1.75. The molecule has 0 atom stereocenters. The fraction of sp³-hybridized carbons (Fsp3) is 0.500. The number of methoxy groups -OCH3 is 1. The number of anilines is 1. The van der Waals surface area contributed by atoms with Crippen LogP contribution in [-0.2, 0) is 11.3 Å². The topological polar surface area (TPSA) is 67.6 Å². The van der Waals surface area contributed by atoms with Gasteiger partial charge in [0.05, 0.1) is 13.7 Å². The van der Waals surface area contributed by atoms with Gasteiger partial charge in [-0.2, -0.15) is 0 Å². The van der Waals surface area contributed by atoms with Gasteiger partial charge in [-0.25, -0.2) is 0 Å². The maximum absolute atomic E-state index is 11.6.